The Balaban J connectivity index is 2.41. The van der Waals surface area contributed by atoms with Gasteiger partial charge >= 0.3 is 0 Å². The van der Waals surface area contributed by atoms with Crippen molar-refractivity contribution in [3.8, 4) is 0 Å². The largest absolute Gasteiger partial charge is 0.389 e. The van der Waals surface area contributed by atoms with E-state index < -0.39 is 18.2 Å². The monoisotopic (exact) mass is 133 g/mol. The third-order valence-corrected chi connectivity index (χ3v) is 1.43. The molecule has 0 saturated carbocycles. The van der Waals surface area contributed by atoms with Crippen molar-refractivity contribution < 1.29 is 14.9 Å². The van der Waals surface area contributed by atoms with E-state index >= 15 is 0 Å². The van der Waals surface area contributed by atoms with Gasteiger partial charge in [0.1, 0.15) is 6.10 Å². The second-order valence-electron chi connectivity index (χ2n) is 2.26. The summed E-state index contributed by atoms with van der Waals surface area (Å²) in [4.78, 5) is 0. The van der Waals surface area contributed by atoms with E-state index in [2.05, 4.69) is 0 Å². The molecule has 1 rings (SSSR count). The van der Waals surface area contributed by atoms with Gasteiger partial charge in [0.15, 0.2) is 0 Å². The van der Waals surface area contributed by atoms with Gasteiger partial charge in [-0.25, -0.2) is 0 Å². The molecule has 0 spiro atoms. The Morgan fingerprint density at radius 2 is 2.00 bits per heavy atom. The minimum atomic E-state index is -0.821. The van der Waals surface area contributed by atoms with E-state index in [1.165, 1.54) is 0 Å². The average Bonchev–Trinajstić information content (AvgIpc) is 1.83. The molecule has 3 atom stereocenters. The molecule has 0 bridgehead atoms. The predicted molar refractivity (Wildman–Crippen MR) is 30.8 cm³/mol. The first-order valence-corrected chi connectivity index (χ1v) is 2.91. The molecule has 4 nitrogen and oxygen atoms in total. The van der Waals surface area contributed by atoms with Crippen LogP contribution in [0.1, 0.15) is 0 Å². The van der Waals surface area contributed by atoms with E-state index in [-0.39, 0.29) is 6.61 Å². The number of hydrogen-bond donors (Lipinski definition) is 3. The highest BCUT2D eigenvalue weighted by atomic mass is 16.5. The predicted octanol–water partition coefficient (Wildman–Crippen LogP) is -1.93. The molecular formula is C5H11NO3. The Bertz CT molecular complexity index is 88.2. The summed E-state index contributed by atoms with van der Waals surface area (Å²) in [5.74, 6) is 0. The zero-order valence-electron chi connectivity index (χ0n) is 5.03. The van der Waals surface area contributed by atoms with Crippen molar-refractivity contribution in [3.05, 3.63) is 0 Å². The lowest BCUT2D eigenvalue weighted by molar-refractivity contribution is -0.0965. The fourth-order valence-corrected chi connectivity index (χ4v) is 0.807. The molecule has 0 aromatic heterocycles. The molecule has 0 aliphatic carbocycles. The molecule has 0 radical (unpaired) electrons. The number of ether oxygens (including phenoxy) is 1. The lowest BCUT2D eigenvalue weighted by Gasteiger charge is -2.28. The van der Waals surface area contributed by atoms with Crippen LogP contribution in [-0.4, -0.2) is 41.7 Å². The van der Waals surface area contributed by atoms with Gasteiger partial charge in [-0.2, -0.15) is 0 Å². The van der Waals surface area contributed by atoms with Gasteiger partial charge in [-0.15, -0.1) is 0 Å². The highest BCUT2D eigenvalue weighted by Gasteiger charge is 2.27. The summed E-state index contributed by atoms with van der Waals surface area (Å²) < 4.78 is 4.83. The molecule has 1 saturated heterocycles. The van der Waals surface area contributed by atoms with Crippen LogP contribution in [0.2, 0.25) is 0 Å². The summed E-state index contributed by atoms with van der Waals surface area (Å²) in [5.41, 5.74) is 5.33. The van der Waals surface area contributed by atoms with Crippen molar-refractivity contribution in [3.63, 3.8) is 0 Å². The van der Waals surface area contributed by atoms with Crippen LogP contribution in [0.25, 0.3) is 0 Å². The minimum absolute atomic E-state index is 0.189. The van der Waals surface area contributed by atoms with E-state index in [1.54, 1.807) is 0 Å². The average molecular weight is 133 g/mol. The number of aliphatic hydroxyl groups excluding tert-OH is 2. The second-order valence-corrected chi connectivity index (χ2v) is 2.26. The van der Waals surface area contributed by atoms with Crippen LogP contribution >= 0.6 is 0 Å². The number of hydrogen-bond acceptors (Lipinski definition) is 4. The van der Waals surface area contributed by atoms with Crippen molar-refractivity contribution in [2.75, 3.05) is 13.2 Å². The zero-order chi connectivity index (χ0) is 6.85. The summed E-state index contributed by atoms with van der Waals surface area (Å²) >= 11 is 0. The fourth-order valence-electron chi connectivity index (χ4n) is 0.807. The summed E-state index contributed by atoms with van der Waals surface area (Å²) in [5, 5.41) is 17.9. The SMILES string of the molecule is NC1COC[C@H](O)[C@@H]1O. The van der Waals surface area contributed by atoms with Crippen LogP contribution in [0.15, 0.2) is 0 Å². The summed E-state index contributed by atoms with van der Waals surface area (Å²) in [6, 6.07) is -0.436. The molecule has 1 heterocycles. The molecular weight excluding hydrogens is 122 g/mol. The van der Waals surface area contributed by atoms with Crippen molar-refractivity contribution in [1.29, 1.82) is 0 Å². The van der Waals surface area contributed by atoms with E-state index in [1.807, 2.05) is 0 Å². The smallest absolute Gasteiger partial charge is 0.105 e. The Morgan fingerprint density at radius 1 is 1.33 bits per heavy atom. The van der Waals surface area contributed by atoms with Crippen molar-refractivity contribution in [2.24, 2.45) is 5.73 Å². The minimum Gasteiger partial charge on any atom is -0.389 e. The first kappa shape index (κ1) is 6.95. The second kappa shape index (κ2) is 2.62. The maximum absolute atomic E-state index is 8.99. The van der Waals surface area contributed by atoms with Crippen LogP contribution in [0.5, 0.6) is 0 Å². The summed E-state index contributed by atoms with van der Waals surface area (Å²) in [6.45, 7) is 0.521. The molecule has 0 aromatic carbocycles. The van der Waals surface area contributed by atoms with E-state index in [4.69, 9.17) is 20.7 Å². The van der Waals surface area contributed by atoms with Crippen LogP contribution in [0, 0.1) is 0 Å². The topological polar surface area (TPSA) is 75.7 Å². The normalized spacial score (nSPS) is 45.0. The van der Waals surface area contributed by atoms with Gasteiger partial charge in [0.05, 0.1) is 25.4 Å². The summed E-state index contributed by atoms with van der Waals surface area (Å²) in [7, 11) is 0. The molecule has 4 heteroatoms. The lowest BCUT2D eigenvalue weighted by Crippen LogP contribution is -2.51. The first-order chi connectivity index (χ1) is 4.22. The molecule has 0 amide bonds. The zero-order valence-corrected chi connectivity index (χ0v) is 5.03. The van der Waals surface area contributed by atoms with E-state index in [0.717, 1.165) is 0 Å². The first-order valence-electron chi connectivity index (χ1n) is 2.91. The molecule has 54 valence electrons. The molecule has 0 aromatic rings. The van der Waals surface area contributed by atoms with Gasteiger partial charge in [0.25, 0.3) is 0 Å². The number of aliphatic hydroxyl groups is 2. The van der Waals surface area contributed by atoms with Gasteiger partial charge in [-0.3, -0.25) is 0 Å². The highest BCUT2D eigenvalue weighted by molar-refractivity contribution is 4.81. The third kappa shape index (κ3) is 1.40. The van der Waals surface area contributed by atoms with Crippen molar-refractivity contribution in [2.45, 2.75) is 18.2 Å². The summed E-state index contributed by atoms with van der Waals surface area (Å²) in [6.07, 6.45) is -1.63. The highest BCUT2D eigenvalue weighted by Crippen LogP contribution is 2.05. The Kier molecular flexibility index (Phi) is 2.02. The number of rotatable bonds is 0. The van der Waals surface area contributed by atoms with Gasteiger partial charge in [-0.05, 0) is 0 Å². The van der Waals surface area contributed by atoms with Crippen LogP contribution in [0.4, 0.5) is 0 Å². The molecule has 9 heavy (non-hydrogen) atoms. The standard InChI is InChI=1S/C5H11NO3/c6-3-1-9-2-4(7)5(3)8/h3-5,7-8H,1-2,6H2/t3?,4-,5+/m0/s1. The fraction of sp³-hybridized carbons (Fsp3) is 1.00. The lowest BCUT2D eigenvalue weighted by atomic mass is 10.1. The molecule has 1 aliphatic heterocycles. The molecule has 4 N–H and O–H groups in total. The molecule has 1 unspecified atom stereocenters. The maximum atomic E-state index is 8.99. The van der Waals surface area contributed by atoms with Crippen molar-refractivity contribution >= 4 is 0 Å². The van der Waals surface area contributed by atoms with Crippen LogP contribution < -0.4 is 5.73 Å². The number of nitrogens with two attached hydrogens (primary N) is 1. The van der Waals surface area contributed by atoms with Crippen LogP contribution in [0.3, 0.4) is 0 Å². The quantitative estimate of drug-likeness (QED) is 0.359. The van der Waals surface area contributed by atoms with E-state index in [0.29, 0.717) is 6.61 Å². The Morgan fingerprint density at radius 3 is 2.44 bits per heavy atom. The molecule has 1 aliphatic rings. The van der Waals surface area contributed by atoms with E-state index in [9.17, 15) is 0 Å². The van der Waals surface area contributed by atoms with Gasteiger partial charge in [-0.1, -0.05) is 0 Å². The van der Waals surface area contributed by atoms with Gasteiger partial charge in [0.2, 0.25) is 0 Å². The Labute approximate surface area is 53.2 Å². The van der Waals surface area contributed by atoms with Crippen LogP contribution in [-0.2, 0) is 4.74 Å². The van der Waals surface area contributed by atoms with Gasteiger partial charge in [0, 0.05) is 0 Å². The third-order valence-electron chi connectivity index (χ3n) is 1.43. The molecule has 1 fully saturated rings. The maximum Gasteiger partial charge on any atom is 0.105 e. The Hall–Kier alpha value is -0.160. The van der Waals surface area contributed by atoms with Gasteiger partial charge < -0.3 is 20.7 Å². The van der Waals surface area contributed by atoms with Crippen molar-refractivity contribution in [1.82, 2.24) is 0 Å².